The molecule has 0 amide bonds. The second-order valence-electron chi connectivity index (χ2n) is 6.97. The summed E-state index contributed by atoms with van der Waals surface area (Å²) < 4.78 is 7.14. The van der Waals surface area contributed by atoms with Gasteiger partial charge in [-0.25, -0.2) is 4.98 Å². The van der Waals surface area contributed by atoms with Crippen LogP contribution in [0.5, 0.6) is 0 Å². The van der Waals surface area contributed by atoms with Crippen LogP contribution in [0.2, 0.25) is 0 Å². The summed E-state index contributed by atoms with van der Waals surface area (Å²) in [5.74, 6) is 0.476. The minimum absolute atomic E-state index is 0.0294. The summed E-state index contributed by atoms with van der Waals surface area (Å²) in [5.41, 5.74) is 6.07. The summed E-state index contributed by atoms with van der Waals surface area (Å²) >= 11 is 0. The molecule has 0 bridgehead atoms. The van der Waals surface area contributed by atoms with E-state index in [0.717, 1.165) is 5.56 Å². The molecule has 10 heteroatoms. The highest BCUT2D eigenvalue weighted by molar-refractivity contribution is 5.84. The molecule has 4 atom stereocenters. The number of nitrogen functional groups attached to an aromatic ring is 1. The zero-order valence-corrected chi connectivity index (χ0v) is 15.2. The number of imidazole rings is 1. The van der Waals surface area contributed by atoms with E-state index in [2.05, 4.69) is 20.3 Å². The number of anilines is 2. The topological polar surface area (TPSA) is 152 Å². The number of hydrogen-bond acceptors (Lipinski definition) is 9. The minimum atomic E-state index is -1.65. The number of nitrogens with one attached hydrogen (secondary N) is 1. The smallest absolute Gasteiger partial charge is 0.224 e. The Morgan fingerprint density at radius 2 is 2.04 bits per heavy atom. The molecule has 148 valence electrons. The molecule has 0 spiro atoms. The molecule has 2 aromatic heterocycles. The maximum absolute atomic E-state index is 10.7. The first-order valence-corrected chi connectivity index (χ1v) is 8.86. The van der Waals surface area contributed by atoms with Gasteiger partial charge in [-0.2, -0.15) is 9.97 Å². The van der Waals surface area contributed by atoms with Crippen LogP contribution in [0.25, 0.3) is 11.2 Å². The summed E-state index contributed by atoms with van der Waals surface area (Å²) in [7, 11) is 0. The van der Waals surface area contributed by atoms with Crippen LogP contribution < -0.4 is 11.1 Å². The fraction of sp³-hybridized carbons (Fsp3) is 0.389. The van der Waals surface area contributed by atoms with Crippen LogP contribution in [0, 0.1) is 0 Å². The van der Waals surface area contributed by atoms with Gasteiger partial charge in [-0.1, -0.05) is 30.3 Å². The minimum Gasteiger partial charge on any atom is -0.394 e. The van der Waals surface area contributed by atoms with E-state index in [-0.39, 0.29) is 5.95 Å². The van der Waals surface area contributed by atoms with E-state index >= 15 is 0 Å². The van der Waals surface area contributed by atoms with Gasteiger partial charge in [-0.05, 0) is 12.5 Å². The Labute approximate surface area is 160 Å². The molecule has 1 fully saturated rings. The molecule has 3 heterocycles. The maximum Gasteiger partial charge on any atom is 0.224 e. The Morgan fingerprint density at radius 1 is 1.29 bits per heavy atom. The molecule has 28 heavy (non-hydrogen) atoms. The van der Waals surface area contributed by atoms with E-state index in [1.165, 1.54) is 17.8 Å². The van der Waals surface area contributed by atoms with Gasteiger partial charge in [0.05, 0.1) is 12.9 Å². The lowest BCUT2D eigenvalue weighted by atomic mass is 9.96. The summed E-state index contributed by atoms with van der Waals surface area (Å²) in [6, 6.07) is 9.78. The van der Waals surface area contributed by atoms with Gasteiger partial charge in [0, 0.05) is 6.54 Å². The lowest BCUT2D eigenvalue weighted by Crippen LogP contribution is -2.44. The van der Waals surface area contributed by atoms with Crippen LogP contribution in [0.4, 0.5) is 11.8 Å². The number of aromatic nitrogens is 4. The second-order valence-corrected chi connectivity index (χ2v) is 6.97. The molecule has 0 aliphatic carbocycles. The van der Waals surface area contributed by atoms with Crippen molar-refractivity contribution in [3.63, 3.8) is 0 Å². The predicted molar refractivity (Wildman–Crippen MR) is 101 cm³/mol. The Hall–Kier alpha value is -2.79. The summed E-state index contributed by atoms with van der Waals surface area (Å²) in [4.78, 5) is 12.8. The van der Waals surface area contributed by atoms with Crippen molar-refractivity contribution in [2.75, 3.05) is 17.7 Å². The van der Waals surface area contributed by atoms with E-state index in [1.807, 2.05) is 30.3 Å². The largest absolute Gasteiger partial charge is 0.394 e. The van der Waals surface area contributed by atoms with Gasteiger partial charge in [-0.15, -0.1) is 0 Å². The van der Waals surface area contributed by atoms with E-state index in [9.17, 15) is 15.3 Å². The van der Waals surface area contributed by atoms with Crippen molar-refractivity contribution >= 4 is 22.9 Å². The standard InChI is InChI=1S/C18H22N6O4/c1-18(27)13(26)11(8-25)28-16(18)24-9-21-12-14(22-17(19)23-15(12)24)20-7-10-5-3-2-4-6-10/h2-6,9,11,13,16,25-27H,7-8H2,1H3,(H3,19,20,22,23). The van der Waals surface area contributed by atoms with E-state index in [1.54, 1.807) is 0 Å². The molecule has 4 unspecified atom stereocenters. The molecule has 0 radical (unpaired) electrons. The number of benzene rings is 1. The molecule has 0 saturated carbocycles. The van der Waals surface area contributed by atoms with Crippen LogP contribution in [-0.4, -0.2) is 59.3 Å². The highest BCUT2D eigenvalue weighted by Crippen LogP contribution is 2.39. The van der Waals surface area contributed by atoms with Crippen molar-refractivity contribution in [2.24, 2.45) is 0 Å². The highest BCUT2D eigenvalue weighted by atomic mass is 16.6. The molecule has 1 aliphatic rings. The van der Waals surface area contributed by atoms with Crippen LogP contribution in [0.1, 0.15) is 18.7 Å². The average Bonchev–Trinajstić information content (AvgIpc) is 3.19. The van der Waals surface area contributed by atoms with Gasteiger partial charge in [0.15, 0.2) is 23.2 Å². The Kier molecular flexibility index (Phi) is 4.63. The van der Waals surface area contributed by atoms with Crippen LogP contribution >= 0.6 is 0 Å². The van der Waals surface area contributed by atoms with Crippen molar-refractivity contribution in [2.45, 2.75) is 37.5 Å². The molecule has 10 nitrogen and oxygen atoms in total. The molecule has 1 aliphatic heterocycles. The summed E-state index contributed by atoms with van der Waals surface area (Å²) in [6.45, 7) is 1.52. The Bertz CT molecular complexity index is 977. The van der Waals surface area contributed by atoms with Crippen LogP contribution in [-0.2, 0) is 11.3 Å². The van der Waals surface area contributed by atoms with Gasteiger partial charge in [0.1, 0.15) is 17.8 Å². The molecule has 6 N–H and O–H groups in total. The number of aliphatic hydroxyl groups is 3. The van der Waals surface area contributed by atoms with E-state index in [0.29, 0.717) is 23.5 Å². The van der Waals surface area contributed by atoms with Crippen LogP contribution in [0.15, 0.2) is 36.7 Å². The number of nitrogens with zero attached hydrogens (tertiary/aromatic N) is 4. The fourth-order valence-electron chi connectivity index (χ4n) is 3.40. The van der Waals surface area contributed by atoms with Gasteiger partial charge in [0.25, 0.3) is 0 Å². The zero-order valence-electron chi connectivity index (χ0n) is 15.2. The third kappa shape index (κ3) is 3.06. The van der Waals surface area contributed by atoms with Gasteiger partial charge in [0.2, 0.25) is 5.95 Å². The van der Waals surface area contributed by atoms with Gasteiger partial charge < -0.3 is 31.1 Å². The third-order valence-electron chi connectivity index (χ3n) is 4.93. The summed E-state index contributed by atoms with van der Waals surface area (Å²) in [6.07, 6.45) is -1.75. The van der Waals surface area contributed by atoms with Crippen molar-refractivity contribution in [3.05, 3.63) is 42.2 Å². The number of aliphatic hydroxyl groups excluding tert-OH is 2. The van der Waals surface area contributed by atoms with Gasteiger partial charge in [-0.3, -0.25) is 4.57 Å². The monoisotopic (exact) mass is 386 g/mol. The van der Waals surface area contributed by atoms with Crippen molar-refractivity contribution in [3.8, 4) is 0 Å². The molecule has 3 aromatic rings. The molecule has 4 rings (SSSR count). The average molecular weight is 386 g/mol. The Balaban J connectivity index is 1.69. The highest BCUT2D eigenvalue weighted by Gasteiger charge is 2.53. The molecule has 1 saturated heterocycles. The maximum atomic E-state index is 10.7. The molecular formula is C18H22N6O4. The number of fused-ring (bicyclic) bond motifs is 1. The third-order valence-corrected chi connectivity index (χ3v) is 4.93. The Morgan fingerprint density at radius 3 is 2.71 bits per heavy atom. The van der Waals surface area contributed by atoms with E-state index in [4.69, 9.17) is 10.5 Å². The first kappa shape index (κ1) is 18.6. The zero-order chi connectivity index (χ0) is 19.9. The lowest BCUT2D eigenvalue weighted by molar-refractivity contribution is -0.0950. The fourth-order valence-corrected chi connectivity index (χ4v) is 3.40. The lowest BCUT2D eigenvalue weighted by Gasteiger charge is -2.27. The number of rotatable bonds is 5. The first-order valence-electron chi connectivity index (χ1n) is 8.86. The van der Waals surface area contributed by atoms with Crippen molar-refractivity contribution in [1.82, 2.24) is 19.5 Å². The number of ether oxygens (including phenoxy) is 1. The van der Waals surface area contributed by atoms with Crippen molar-refractivity contribution in [1.29, 1.82) is 0 Å². The normalized spacial score (nSPS) is 27.4. The van der Waals surface area contributed by atoms with Gasteiger partial charge >= 0.3 is 0 Å². The number of hydrogen-bond donors (Lipinski definition) is 5. The predicted octanol–water partition coefficient (Wildman–Crippen LogP) is 0.0222. The van der Waals surface area contributed by atoms with Crippen molar-refractivity contribution < 1.29 is 20.1 Å². The second kappa shape index (κ2) is 6.99. The molecular weight excluding hydrogens is 364 g/mol. The quantitative estimate of drug-likeness (QED) is 0.409. The first-order chi connectivity index (χ1) is 13.4. The number of nitrogens with two attached hydrogens (primary N) is 1. The molecule has 1 aromatic carbocycles. The van der Waals surface area contributed by atoms with Crippen LogP contribution in [0.3, 0.4) is 0 Å². The van der Waals surface area contributed by atoms with E-state index < -0.39 is 30.6 Å². The summed E-state index contributed by atoms with van der Waals surface area (Å²) in [5, 5.41) is 33.5. The SMILES string of the molecule is CC1(O)C(O)C(CO)OC1n1cnc2c(NCc3ccccc3)nc(N)nc21.